The summed E-state index contributed by atoms with van der Waals surface area (Å²) in [5.74, 6) is -0.753. The number of amides is 1. The Bertz CT molecular complexity index is 421. The highest BCUT2D eigenvalue weighted by molar-refractivity contribution is 5.99. The van der Waals surface area contributed by atoms with Gasteiger partial charge in [-0.25, -0.2) is 4.39 Å². The van der Waals surface area contributed by atoms with Crippen molar-refractivity contribution in [2.24, 2.45) is 5.92 Å². The van der Waals surface area contributed by atoms with Gasteiger partial charge in [0.05, 0.1) is 17.4 Å². The highest BCUT2D eigenvalue weighted by Gasteiger charge is 2.14. The van der Waals surface area contributed by atoms with Crippen molar-refractivity contribution < 1.29 is 14.3 Å². The van der Waals surface area contributed by atoms with E-state index in [1.807, 2.05) is 13.8 Å². The fraction of sp³-hybridized carbons (Fsp3) is 0.462. The van der Waals surface area contributed by atoms with Crippen LogP contribution in [0, 0.1) is 11.7 Å². The summed E-state index contributed by atoms with van der Waals surface area (Å²) in [6.07, 6.45) is -0.0115. The molecule has 1 amide bonds. The Morgan fingerprint density at radius 2 is 2.17 bits per heavy atom. The topological polar surface area (TPSA) is 75.3 Å². The Hall–Kier alpha value is -1.62. The van der Waals surface area contributed by atoms with Crippen LogP contribution in [0.4, 0.5) is 10.1 Å². The lowest BCUT2D eigenvalue weighted by Crippen LogP contribution is -2.33. The van der Waals surface area contributed by atoms with Crippen LogP contribution in [0.15, 0.2) is 18.2 Å². The van der Waals surface area contributed by atoms with E-state index in [1.165, 1.54) is 18.2 Å². The van der Waals surface area contributed by atoms with Gasteiger partial charge in [0.25, 0.3) is 5.91 Å². The third-order valence-electron chi connectivity index (χ3n) is 2.54. The molecule has 1 rings (SSSR count). The molecule has 0 saturated heterocycles. The van der Waals surface area contributed by atoms with Gasteiger partial charge in [0.15, 0.2) is 0 Å². The molecule has 1 unspecified atom stereocenters. The normalized spacial score (nSPS) is 12.5. The van der Waals surface area contributed by atoms with Crippen molar-refractivity contribution in [3.8, 4) is 0 Å². The van der Waals surface area contributed by atoms with Gasteiger partial charge in [0, 0.05) is 6.54 Å². The number of nitrogen functional groups attached to an aromatic ring is 1. The minimum Gasteiger partial charge on any atom is -0.396 e. The molecule has 0 spiro atoms. The minimum absolute atomic E-state index is 0.0896. The fourth-order valence-electron chi connectivity index (χ4n) is 1.67. The molecule has 0 radical (unpaired) electrons. The third-order valence-corrected chi connectivity index (χ3v) is 2.54. The summed E-state index contributed by atoms with van der Waals surface area (Å²) in [5, 5.41) is 12.2. The van der Waals surface area contributed by atoms with E-state index < -0.39 is 17.8 Å². The van der Waals surface area contributed by atoms with Crippen molar-refractivity contribution in [3.05, 3.63) is 29.6 Å². The van der Waals surface area contributed by atoms with Crippen LogP contribution >= 0.6 is 0 Å². The van der Waals surface area contributed by atoms with Crippen LogP contribution in [0.3, 0.4) is 0 Å². The molecule has 1 aromatic carbocycles. The number of carbonyl (C=O) groups is 1. The van der Waals surface area contributed by atoms with Crippen LogP contribution in [0.1, 0.15) is 30.6 Å². The molecule has 0 aliphatic heterocycles. The average molecular weight is 254 g/mol. The second-order valence-electron chi connectivity index (χ2n) is 4.69. The van der Waals surface area contributed by atoms with Gasteiger partial charge in [-0.3, -0.25) is 4.79 Å². The van der Waals surface area contributed by atoms with Crippen LogP contribution in [-0.2, 0) is 0 Å². The number of hydrogen-bond donors (Lipinski definition) is 3. The predicted molar refractivity (Wildman–Crippen MR) is 68.6 cm³/mol. The first-order chi connectivity index (χ1) is 8.41. The van der Waals surface area contributed by atoms with Gasteiger partial charge >= 0.3 is 0 Å². The number of aliphatic hydroxyl groups is 1. The van der Waals surface area contributed by atoms with Crippen LogP contribution < -0.4 is 11.1 Å². The Balaban J connectivity index is 2.58. The van der Waals surface area contributed by atoms with Crippen molar-refractivity contribution in [3.63, 3.8) is 0 Å². The van der Waals surface area contributed by atoms with Crippen LogP contribution in [-0.4, -0.2) is 23.7 Å². The van der Waals surface area contributed by atoms with Crippen molar-refractivity contribution in [2.75, 3.05) is 12.3 Å². The first kappa shape index (κ1) is 14.4. The Morgan fingerprint density at radius 1 is 1.50 bits per heavy atom. The number of halogens is 1. The minimum atomic E-state index is -0.620. The maximum absolute atomic E-state index is 13.2. The predicted octanol–water partition coefficient (Wildman–Crippen LogP) is 1.54. The molecule has 0 bridgehead atoms. The zero-order chi connectivity index (χ0) is 13.7. The number of nitrogens with two attached hydrogens (primary N) is 1. The fourth-order valence-corrected chi connectivity index (χ4v) is 1.67. The first-order valence-corrected chi connectivity index (χ1v) is 5.92. The number of aliphatic hydroxyl groups excluding tert-OH is 1. The summed E-state index contributed by atoms with van der Waals surface area (Å²) in [4.78, 5) is 11.7. The van der Waals surface area contributed by atoms with Gasteiger partial charge < -0.3 is 16.2 Å². The molecule has 0 aromatic heterocycles. The lowest BCUT2D eigenvalue weighted by atomic mass is 10.1. The molecule has 0 aliphatic carbocycles. The lowest BCUT2D eigenvalue weighted by molar-refractivity contribution is 0.0901. The zero-order valence-corrected chi connectivity index (χ0v) is 10.6. The number of hydrogen-bond acceptors (Lipinski definition) is 3. The van der Waals surface area contributed by atoms with E-state index in [9.17, 15) is 14.3 Å². The molecule has 0 saturated carbocycles. The van der Waals surface area contributed by atoms with Crippen molar-refractivity contribution in [2.45, 2.75) is 26.4 Å². The van der Waals surface area contributed by atoms with E-state index in [4.69, 9.17) is 5.73 Å². The number of para-hydroxylation sites is 1. The SMILES string of the molecule is CC(C)CC(O)CNC(=O)c1cccc(F)c1N. The van der Waals surface area contributed by atoms with Crippen molar-refractivity contribution in [1.82, 2.24) is 5.32 Å². The molecule has 1 aromatic rings. The standard InChI is InChI=1S/C13H19FN2O2/c1-8(2)6-9(17)7-16-13(18)10-4-3-5-11(14)12(10)15/h3-5,8-9,17H,6-7,15H2,1-2H3,(H,16,18). The largest absolute Gasteiger partial charge is 0.396 e. The smallest absolute Gasteiger partial charge is 0.253 e. The monoisotopic (exact) mass is 254 g/mol. The molecule has 5 heteroatoms. The molecule has 0 aliphatic rings. The molecule has 100 valence electrons. The summed E-state index contributed by atoms with van der Waals surface area (Å²) in [6, 6.07) is 4.06. The number of rotatable bonds is 5. The zero-order valence-electron chi connectivity index (χ0n) is 10.6. The van der Waals surface area contributed by atoms with Crippen LogP contribution in [0.25, 0.3) is 0 Å². The quantitative estimate of drug-likeness (QED) is 0.698. The summed E-state index contributed by atoms with van der Waals surface area (Å²) >= 11 is 0. The van der Waals surface area contributed by atoms with Gasteiger partial charge in [-0.1, -0.05) is 19.9 Å². The molecular weight excluding hydrogens is 235 g/mol. The van der Waals surface area contributed by atoms with Gasteiger partial charge in [-0.05, 0) is 24.5 Å². The molecule has 18 heavy (non-hydrogen) atoms. The third kappa shape index (κ3) is 4.00. The number of benzene rings is 1. The molecule has 1 atom stereocenters. The summed E-state index contributed by atoms with van der Waals surface area (Å²) in [5.41, 5.74) is 5.39. The Morgan fingerprint density at radius 3 is 2.78 bits per heavy atom. The maximum Gasteiger partial charge on any atom is 0.253 e. The number of anilines is 1. The average Bonchev–Trinajstić information content (AvgIpc) is 2.29. The summed E-state index contributed by atoms with van der Waals surface area (Å²) in [7, 11) is 0. The second-order valence-corrected chi connectivity index (χ2v) is 4.69. The van der Waals surface area contributed by atoms with E-state index in [1.54, 1.807) is 0 Å². The lowest BCUT2D eigenvalue weighted by Gasteiger charge is -2.14. The van der Waals surface area contributed by atoms with E-state index in [0.717, 1.165) is 0 Å². The van der Waals surface area contributed by atoms with Crippen LogP contribution in [0.2, 0.25) is 0 Å². The van der Waals surface area contributed by atoms with Gasteiger partial charge in [-0.2, -0.15) is 0 Å². The van der Waals surface area contributed by atoms with Crippen molar-refractivity contribution >= 4 is 11.6 Å². The highest BCUT2D eigenvalue weighted by atomic mass is 19.1. The summed E-state index contributed by atoms with van der Waals surface area (Å²) in [6.45, 7) is 4.10. The highest BCUT2D eigenvalue weighted by Crippen LogP contribution is 2.15. The molecular formula is C13H19FN2O2. The van der Waals surface area contributed by atoms with Crippen LogP contribution in [0.5, 0.6) is 0 Å². The summed E-state index contributed by atoms with van der Waals surface area (Å²) < 4.78 is 13.2. The number of carbonyl (C=O) groups excluding carboxylic acids is 1. The molecule has 0 heterocycles. The first-order valence-electron chi connectivity index (χ1n) is 5.92. The van der Waals surface area contributed by atoms with Gasteiger partial charge in [-0.15, -0.1) is 0 Å². The van der Waals surface area contributed by atoms with E-state index in [-0.39, 0.29) is 17.8 Å². The Labute approximate surface area is 106 Å². The maximum atomic E-state index is 13.2. The van der Waals surface area contributed by atoms with E-state index >= 15 is 0 Å². The van der Waals surface area contributed by atoms with Gasteiger partial charge in [0.1, 0.15) is 5.82 Å². The van der Waals surface area contributed by atoms with Crippen molar-refractivity contribution in [1.29, 1.82) is 0 Å². The molecule has 4 N–H and O–H groups in total. The van der Waals surface area contributed by atoms with E-state index in [2.05, 4.69) is 5.32 Å². The molecule has 4 nitrogen and oxygen atoms in total. The Kier molecular flexibility index (Phi) is 5.09. The second kappa shape index (κ2) is 6.35. The number of nitrogens with one attached hydrogen (secondary N) is 1. The van der Waals surface area contributed by atoms with Gasteiger partial charge in [0.2, 0.25) is 0 Å². The molecule has 0 fully saturated rings. The van der Waals surface area contributed by atoms with E-state index in [0.29, 0.717) is 12.3 Å².